The minimum absolute atomic E-state index is 0.232. The summed E-state index contributed by atoms with van der Waals surface area (Å²) in [5.41, 5.74) is 6.55. The molecule has 73 heavy (non-hydrogen) atoms. The van der Waals surface area contributed by atoms with E-state index in [4.69, 9.17) is 61.8 Å². The van der Waals surface area contributed by atoms with Crippen LogP contribution in [0.25, 0.3) is 23.8 Å². The number of rotatable bonds is 37. The second-order valence-corrected chi connectivity index (χ2v) is 18.1. The lowest BCUT2D eigenvalue weighted by atomic mass is 9.94. The lowest BCUT2D eigenvalue weighted by Crippen LogP contribution is -2.18. The smallest absolute Gasteiger partial charge is 0.491 e. The van der Waals surface area contributed by atoms with Gasteiger partial charge in [-0.25, -0.2) is 4.99 Å². The van der Waals surface area contributed by atoms with E-state index < -0.39 is 7.40 Å². The fourth-order valence-electron chi connectivity index (χ4n) is 7.18. The zero-order chi connectivity index (χ0) is 52.0. The molecule has 1 aliphatic rings. The molecule has 3 aromatic carbocycles. The van der Waals surface area contributed by atoms with Crippen molar-refractivity contribution in [1.82, 2.24) is 4.48 Å². The summed E-state index contributed by atoms with van der Waals surface area (Å²) in [7, 11) is 1.96. The van der Waals surface area contributed by atoms with E-state index in [-0.39, 0.29) is 13.2 Å². The third-order valence-electron chi connectivity index (χ3n) is 10.9. The van der Waals surface area contributed by atoms with E-state index in [1.807, 2.05) is 92.7 Å². The molecule has 0 N–H and O–H groups in total. The molecule has 396 valence electrons. The van der Waals surface area contributed by atoms with Crippen LogP contribution in [-0.2, 0) is 42.6 Å². The number of hydrogen-bond donors (Lipinski definition) is 0. The quantitative estimate of drug-likeness (QED) is 0.0242. The van der Waals surface area contributed by atoms with Crippen LogP contribution in [0.1, 0.15) is 40.6 Å². The Balaban J connectivity index is 1.44. The summed E-state index contributed by atoms with van der Waals surface area (Å²) in [6, 6.07) is 22.9. The highest BCUT2D eigenvalue weighted by Crippen LogP contribution is 2.42. The molecule has 1 aromatic heterocycles. The van der Waals surface area contributed by atoms with Crippen molar-refractivity contribution in [2.45, 2.75) is 13.8 Å². The van der Waals surface area contributed by atoms with Crippen LogP contribution >= 0.6 is 45.2 Å². The molecule has 0 bridgehead atoms. The van der Waals surface area contributed by atoms with E-state index in [1.165, 1.54) is 0 Å². The maximum absolute atomic E-state index is 15.9. The number of benzene rings is 3. The van der Waals surface area contributed by atoms with Gasteiger partial charge in [0.15, 0.2) is 11.5 Å². The van der Waals surface area contributed by atoms with Crippen molar-refractivity contribution in [3.05, 3.63) is 131 Å². The van der Waals surface area contributed by atoms with Gasteiger partial charge in [0.25, 0.3) is 0 Å². The van der Waals surface area contributed by atoms with Crippen molar-refractivity contribution in [1.29, 1.82) is 0 Å². The molecular formula is C54H67BF2I2N2O12. The third kappa shape index (κ3) is 19.9. The van der Waals surface area contributed by atoms with Gasteiger partial charge in [-0.15, -0.1) is 0 Å². The van der Waals surface area contributed by atoms with Gasteiger partial charge in [-0.05, 0) is 123 Å². The second kappa shape index (κ2) is 34.5. The molecule has 2 heterocycles. The number of hydrogen-bond acceptors (Lipinski definition) is 13. The lowest BCUT2D eigenvalue weighted by Gasteiger charge is -2.17. The van der Waals surface area contributed by atoms with Crippen LogP contribution < -0.4 is 14.2 Å². The Kier molecular flexibility index (Phi) is 28.3. The van der Waals surface area contributed by atoms with Crippen molar-refractivity contribution >= 4 is 82.1 Å². The molecule has 19 heteroatoms. The van der Waals surface area contributed by atoms with Crippen LogP contribution in [0.4, 0.5) is 8.63 Å². The van der Waals surface area contributed by atoms with Crippen LogP contribution in [0, 0.1) is 10.5 Å². The van der Waals surface area contributed by atoms with Gasteiger partial charge < -0.3 is 61.3 Å². The number of halogens is 4. The molecule has 14 nitrogen and oxygen atoms in total. The largest absolute Gasteiger partial charge is 0.678 e. The molecule has 0 fully saturated rings. The first-order valence-electron chi connectivity index (χ1n) is 24.0. The van der Waals surface area contributed by atoms with Crippen LogP contribution in [0.2, 0.25) is 0 Å². The molecule has 0 radical (unpaired) electrons. The van der Waals surface area contributed by atoms with Crippen molar-refractivity contribution in [2.75, 3.05) is 140 Å². The first-order chi connectivity index (χ1) is 35.7. The minimum Gasteiger partial charge on any atom is -0.491 e. The predicted octanol–water partition coefficient (Wildman–Crippen LogP) is 10.2. The highest BCUT2D eigenvalue weighted by molar-refractivity contribution is 14.1. The number of ether oxygens (including phenoxy) is 12. The maximum atomic E-state index is 15.9. The summed E-state index contributed by atoms with van der Waals surface area (Å²) in [6.45, 7) is 11.3. The zero-order valence-electron chi connectivity index (χ0n) is 42.3. The SMILES string of the molecule is COCCOCCOCCOc1ccc(/C(=C2N=C(/C=C/c3ccccc3)C(I)=C/2C)c2c(C)c(I)c(/C=C/c3ccc(OCCOCCOCCOC)c(OCCOCCOCCOC)c3)n2B(F)F)cc1. The summed E-state index contributed by atoms with van der Waals surface area (Å²) in [5.74, 6) is 1.57. The Morgan fingerprint density at radius 3 is 1.58 bits per heavy atom. The van der Waals surface area contributed by atoms with Crippen LogP contribution in [0.15, 0.2) is 98.7 Å². The van der Waals surface area contributed by atoms with Gasteiger partial charge in [0.2, 0.25) is 0 Å². The fraction of sp³-hybridized carbons (Fsp3) is 0.426. The van der Waals surface area contributed by atoms with Gasteiger partial charge in [0.05, 0.1) is 111 Å². The van der Waals surface area contributed by atoms with Gasteiger partial charge in [0.1, 0.15) is 25.6 Å². The summed E-state index contributed by atoms with van der Waals surface area (Å²) < 4.78 is 101. The number of nitrogens with zero attached hydrogens (tertiary/aromatic N) is 2. The Labute approximate surface area is 456 Å². The van der Waals surface area contributed by atoms with E-state index in [1.54, 1.807) is 39.5 Å². The van der Waals surface area contributed by atoms with Crippen molar-refractivity contribution in [3.8, 4) is 17.2 Å². The van der Waals surface area contributed by atoms with Gasteiger partial charge in [-0.2, -0.15) is 0 Å². The number of aliphatic imine (C=N–C) groups is 1. The summed E-state index contributed by atoms with van der Waals surface area (Å²) in [4.78, 5) is 5.16. The predicted molar refractivity (Wildman–Crippen MR) is 300 cm³/mol. The molecule has 0 amide bonds. The molecule has 5 rings (SSSR count). The molecule has 1 aliphatic heterocycles. The van der Waals surface area contributed by atoms with Crippen molar-refractivity contribution in [3.63, 3.8) is 0 Å². The van der Waals surface area contributed by atoms with Gasteiger partial charge in [-0.3, -0.25) is 8.63 Å². The number of allylic oxidation sites excluding steroid dienone is 3. The highest BCUT2D eigenvalue weighted by Gasteiger charge is 2.33. The number of aromatic nitrogens is 1. The van der Waals surface area contributed by atoms with E-state index in [0.717, 1.165) is 24.9 Å². The Morgan fingerprint density at radius 1 is 0.548 bits per heavy atom. The van der Waals surface area contributed by atoms with Gasteiger partial charge in [0, 0.05) is 45.4 Å². The first-order valence-corrected chi connectivity index (χ1v) is 26.2. The topological polar surface area (TPSA) is 128 Å². The summed E-state index contributed by atoms with van der Waals surface area (Å²) in [5, 5.41) is 0. The lowest BCUT2D eigenvalue weighted by molar-refractivity contribution is 0.0160. The monoisotopic (exact) mass is 1240 g/mol. The second-order valence-electron chi connectivity index (χ2n) is 16.0. The molecule has 0 spiro atoms. The molecule has 0 saturated heterocycles. The molecule has 0 atom stereocenters. The summed E-state index contributed by atoms with van der Waals surface area (Å²) in [6.07, 6.45) is 7.47. The van der Waals surface area contributed by atoms with Crippen LogP contribution in [0.3, 0.4) is 0 Å². The first kappa shape index (κ1) is 59.9. The molecule has 0 unspecified atom stereocenters. The maximum Gasteiger partial charge on any atom is 0.678 e. The van der Waals surface area contributed by atoms with E-state index in [9.17, 15) is 0 Å². The van der Waals surface area contributed by atoms with Gasteiger partial charge in [-0.1, -0.05) is 60.7 Å². The van der Waals surface area contributed by atoms with E-state index in [0.29, 0.717) is 166 Å². The average Bonchev–Trinajstić information content (AvgIpc) is 3.82. The normalized spacial score (nSPS) is 13.5. The Bertz CT molecular complexity index is 2420. The average molecular weight is 1240 g/mol. The van der Waals surface area contributed by atoms with Crippen molar-refractivity contribution < 1.29 is 65.5 Å². The van der Waals surface area contributed by atoms with Crippen LogP contribution in [0.5, 0.6) is 17.2 Å². The standard InChI is InChI=1S/C54H67BF2I2N2O12/c1-40-51(58)46(18-11-42-9-7-6-8-10-42)60-53(40)50(44-14-16-45(17-15-44)71-36-33-68-30-27-65-24-21-62-3)54-41(2)52(59)47(61(54)55(56)57)19-12-43-13-20-48(72-37-34-69-31-28-66-25-22-63-4)49(39-43)73-38-35-70-32-29-67-26-23-64-5/h6-20,39H,21-38H2,1-5H3/b18-11+,19-12+,53-50-. The number of methoxy groups -OCH3 is 3. The molecular weight excluding hydrogens is 1170 g/mol. The minimum atomic E-state index is -2.91. The third-order valence-corrected chi connectivity index (χ3v) is 13.6. The Morgan fingerprint density at radius 2 is 1.04 bits per heavy atom. The van der Waals surface area contributed by atoms with Crippen LogP contribution in [-0.4, -0.2) is 158 Å². The molecule has 0 saturated carbocycles. The van der Waals surface area contributed by atoms with Gasteiger partial charge >= 0.3 is 7.40 Å². The summed E-state index contributed by atoms with van der Waals surface area (Å²) >= 11 is 4.46. The molecule has 4 aromatic rings. The molecule has 0 aliphatic carbocycles. The van der Waals surface area contributed by atoms with E-state index >= 15 is 8.63 Å². The Hall–Kier alpha value is -4.01. The fourth-order valence-corrected chi connectivity index (χ4v) is 8.43. The highest BCUT2D eigenvalue weighted by atomic mass is 127. The zero-order valence-corrected chi connectivity index (χ0v) is 46.7. The van der Waals surface area contributed by atoms with Crippen molar-refractivity contribution in [2.24, 2.45) is 4.99 Å². The van der Waals surface area contributed by atoms with E-state index in [2.05, 4.69) is 45.2 Å².